The van der Waals surface area contributed by atoms with Gasteiger partial charge in [-0.2, -0.15) is 0 Å². The summed E-state index contributed by atoms with van der Waals surface area (Å²) in [5, 5.41) is 15.1. The van der Waals surface area contributed by atoms with Crippen LogP contribution in [-0.2, 0) is 21.7 Å². The van der Waals surface area contributed by atoms with Crippen LogP contribution >= 0.6 is 22.9 Å². The number of ether oxygens (including phenoxy) is 2. The predicted molar refractivity (Wildman–Crippen MR) is 108 cm³/mol. The molecule has 0 bridgehead atoms. The van der Waals surface area contributed by atoms with Gasteiger partial charge in [0.1, 0.15) is 11.4 Å². The van der Waals surface area contributed by atoms with E-state index in [9.17, 15) is 9.90 Å². The molecular formula is C19H24ClN3O4S. The summed E-state index contributed by atoms with van der Waals surface area (Å²) < 4.78 is 11.4. The average molecular weight is 426 g/mol. The Balaban J connectivity index is 1.58. The number of aliphatic hydroxyl groups is 1. The fourth-order valence-electron chi connectivity index (χ4n) is 3.11. The molecule has 7 nitrogen and oxygen atoms in total. The van der Waals surface area contributed by atoms with Gasteiger partial charge in [-0.25, -0.2) is 4.98 Å². The Hall–Kier alpha value is -1.71. The van der Waals surface area contributed by atoms with E-state index in [-0.39, 0.29) is 18.6 Å². The first-order chi connectivity index (χ1) is 13.4. The summed E-state index contributed by atoms with van der Waals surface area (Å²) in [6, 6.07) is 7.89. The molecule has 3 rings (SSSR count). The molecule has 28 heavy (non-hydrogen) atoms. The van der Waals surface area contributed by atoms with Gasteiger partial charge in [-0.05, 0) is 31.0 Å². The number of carbonyl (C=O) groups excluding carboxylic acids is 1. The SMILES string of the molecule is CNC(=O)COc1ccc(CC(C)N2CCOC(O)(c3csc(Cl)n3)C2)cc1. The second-order valence-electron chi connectivity index (χ2n) is 6.75. The van der Waals surface area contributed by atoms with E-state index in [0.717, 1.165) is 18.5 Å². The number of hydrogen-bond donors (Lipinski definition) is 2. The minimum atomic E-state index is -1.44. The van der Waals surface area contributed by atoms with Gasteiger partial charge in [0.15, 0.2) is 11.1 Å². The molecule has 1 amide bonds. The van der Waals surface area contributed by atoms with Crippen molar-refractivity contribution in [1.82, 2.24) is 15.2 Å². The van der Waals surface area contributed by atoms with E-state index in [1.165, 1.54) is 11.3 Å². The fourth-order valence-corrected chi connectivity index (χ4v) is 3.93. The van der Waals surface area contributed by atoms with Gasteiger partial charge in [0.2, 0.25) is 5.79 Å². The lowest BCUT2D eigenvalue weighted by molar-refractivity contribution is -0.253. The normalized spacial score (nSPS) is 21.3. The first-order valence-electron chi connectivity index (χ1n) is 9.04. The van der Waals surface area contributed by atoms with Crippen LogP contribution in [0.4, 0.5) is 0 Å². The summed E-state index contributed by atoms with van der Waals surface area (Å²) >= 11 is 7.18. The molecule has 9 heteroatoms. The summed E-state index contributed by atoms with van der Waals surface area (Å²) in [5.74, 6) is -0.951. The molecule has 2 atom stereocenters. The highest BCUT2D eigenvalue weighted by atomic mass is 35.5. The van der Waals surface area contributed by atoms with Crippen LogP contribution in [0, 0.1) is 0 Å². The van der Waals surface area contributed by atoms with E-state index < -0.39 is 5.79 Å². The van der Waals surface area contributed by atoms with Crippen molar-refractivity contribution in [3.8, 4) is 5.75 Å². The van der Waals surface area contributed by atoms with E-state index in [0.29, 0.717) is 29.1 Å². The number of β-amino-alcohol motifs (C(OH)–C–C–N with tert-alkyl or cyclic N) is 1. The van der Waals surface area contributed by atoms with Crippen LogP contribution < -0.4 is 10.1 Å². The van der Waals surface area contributed by atoms with Crippen LogP contribution in [0.5, 0.6) is 5.75 Å². The van der Waals surface area contributed by atoms with Gasteiger partial charge in [0, 0.05) is 25.0 Å². The molecule has 0 radical (unpaired) electrons. The van der Waals surface area contributed by atoms with Gasteiger partial charge in [-0.1, -0.05) is 23.7 Å². The van der Waals surface area contributed by atoms with E-state index in [1.54, 1.807) is 12.4 Å². The molecule has 1 aliphatic rings. The van der Waals surface area contributed by atoms with Crippen molar-refractivity contribution < 1.29 is 19.4 Å². The van der Waals surface area contributed by atoms with Crippen LogP contribution in [0.2, 0.25) is 4.47 Å². The molecule has 1 fully saturated rings. The number of amides is 1. The molecule has 2 aromatic rings. The largest absolute Gasteiger partial charge is 0.484 e. The lowest BCUT2D eigenvalue weighted by Crippen LogP contribution is -2.53. The highest BCUT2D eigenvalue weighted by Gasteiger charge is 2.39. The Labute approximate surface area is 173 Å². The maximum atomic E-state index is 11.2. The van der Waals surface area contributed by atoms with Crippen molar-refractivity contribution in [2.45, 2.75) is 25.2 Å². The number of benzene rings is 1. The number of rotatable bonds is 7. The second kappa shape index (κ2) is 9.19. The predicted octanol–water partition coefficient (Wildman–Crippen LogP) is 2.03. The van der Waals surface area contributed by atoms with E-state index in [2.05, 4.69) is 22.1 Å². The molecule has 1 aliphatic heterocycles. The maximum absolute atomic E-state index is 11.2. The van der Waals surface area contributed by atoms with Gasteiger partial charge in [-0.15, -0.1) is 11.3 Å². The Kier molecular flexibility index (Phi) is 6.90. The number of nitrogens with one attached hydrogen (secondary N) is 1. The standard InChI is InChI=1S/C19H24ClN3O4S/c1-13(9-14-3-5-15(6-4-14)26-10-17(24)21-2)23-7-8-27-19(25,12-23)16-11-28-18(20)22-16/h3-6,11,13,25H,7-10,12H2,1-2H3,(H,21,24). The lowest BCUT2D eigenvalue weighted by Gasteiger charge is -2.41. The van der Waals surface area contributed by atoms with Crippen molar-refractivity contribution in [1.29, 1.82) is 0 Å². The van der Waals surface area contributed by atoms with Crippen LogP contribution in [0.15, 0.2) is 29.6 Å². The van der Waals surface area contributed by atoms with Crippen molar-refractivity contribution >= 4 is 28.8 Å². The fraction of sp³-hybridized carbons (Fsp3) is 0.474. The molecule has 2 N–H and O–H groups in total. The first kappa shape index (κ1) is 21.0. The first-order valence-corrected chi connectivity index (χ1v) is 10.3. The zero-order valence-corrected chi connectivity index (χ0v) is 17.4. The van der Waals surface area contributed by atoms with Gasteiger partial charge in [0.25, 0.3) is 5.91 Å². The molecule has 2 heterocycles. The molecule has 0 saturated carbocycles. The van der Waals surface area contributed by atoms with Crippen molar-refractivity contribution in [2.75, 3.05) is 33.4 Å². The third-order valence-corrected chi connectivity index (χ3v) is 5.72. The molecule has 1 saturated heterocycles. The third kappa shape index (κ3) is 5.21. The molecule has 1 aromatic heterocycles. The quantitative estimate of drug-likeness (QED) is 0.706. The number of thiazole rings is 1. The summed E-state index contributed by atoms with van der Waals surface area (Å²) in [7, 11) is 1.58. The monoisotopic (exact) mass is 425 g/mol. The van der Waals surface area contributed by atoms with Crippen LogP contribution in [0.25, 0.3) is 0 Å². The number of aromatic nitrogens is 1. The van der Waals surface area contributed by atoms with Crippen LogP contribution in [0.1, 0.15) is 18.2 Å². The molecule has 1 aromatic carbocycles. The van der Waals surface area contributed by atoms with Gasteiger partial charge in [-0.3, -0.25) is 9.69 Å². The number of halogens is 1. The zero-order chi connectivity index (χ0) is 20.1. The Bertz CT molecular complexity index is 801. The van der Waals surface area contributed by atoms with Gasteiger partial charge >= 0.3 is 0 Å². The van der Waals surface area contributed by atoms with Crippen LogP contribution in [0.3, 0.4) is 0 Å². The van der Waals surface area contributed by atoms with Crippen molar-refractivity contribution in [3.63, 3.8) is 0 Å². The molecule has 0 aliphatic carbocycles. The summed E-state index contributed by atoms with van der Waals surface area (Å²) in [6.45, 7) is 3.60. The van der Waals surface area contributed by atoms with Gasteiger partial charge in [0.05, 0.1) is 13.2 Å². The summed E-state index contributed by atoms with van der Waals surface area (Å²) in [6.07, 6.45) is 0.809. The molecule has 152 valence electrons. The summed E-state index contributed by atoms with van der Waals surface area (Å²) in [4.78, 5) is 17.6. The highest BCUT2D eigenvalue weighted by Crippen LogP contribution is 2.30. The van der Waals surface area contributed by atoms with E-state index in [4.69, 9.17) is 21.1 Å². The zero-order valence-electron chi connectivity index (χ0n) is 15.9. The number of hydrogen-bond acceptors (Lipinski definition) is 7. The minimum Gasteiger partial charge on any atom is -0.484 e. The number of nitrogens with zero attached hydrogens (tertiary/aromatic N) is 2. The molecule has 2 unspecified atom stereocenters. The molecule has 0 spiro atoms. The maximum Gasteiger partial charge on any atom is 0.257 e. The Morgan fingerprint density at radius 2 is 2.25 bits per heavy atom. The summed E-state index contributed by atoms with van der Waals surface area (Å²) in [5.41, 5.74) is 1.60. The van der Waals surface area contributed by atoms with E-state index >= 15 is 0 Å². The second-order valence-corrected chi connectivity index (χ2v) is 8.19. The number of carbonyl (C=O) groups is 1. The minimum absolute atomic E-state index is 0.000749. The topological polar surface area (TPSA) is 83.9 Å². The van der Waals surface area contributed by atoms with Crippen molar-refractivity contribution in [2.24, 2.45) is 0 Å². The van der Waals surface area contributed by atoms with E-state index in [1.807, 2.05) is 24.3 Å². The number of morpholine rings is 1. The average Bonchev–Trinajstić information content (AvgIpc) is 3.14. The lowest BCUT2D eigenvalue weighted by atomic mass is 10.0. The van der Waals surface area contributed by atoms with Gasteiger partial charge < -0.3 is 19.9 Å². The number of likely N-dealkylation sites (N-methyl/N-ethyl adjacent to an activating group) is 1. The van der Waals surface area contributed by atoms with Crippen molar-refractivity contribution in [3.05, 3.63) is 45.4 Å². The Morgan fingerprint density at radius 1 is 1.50 bits per heavy atom. The third-order valence-electron chi connectivity index (χ3n) is 4.74. The smallest absolute Gasteiger partial charge is 0.257 e. The molecular weight excluding hydrogens is 402 g/mol. The highest BCUT2D eigenvalue weighted by molar-refractivity contribution is 7.13. The Morgan fingerprint density at radius 3 is 2.89 bits per heavy atom. The van der Waals surface area contributed by atoms with Crippen LogP contribution in [-0.4, -0.2) is 60.3 Å².